The van der Waals surface area contributed by atoms with Crippen molar-refractivity contribution in [1.29, 1.82) is 0 Å². The second-order valence-corrected chi connectivity index (χ2v) is 5.10. The number of hydrogen-bond acceptors (Lipinski definition) is 4. The second kappa shape index (κ2) is 7.52. The molecule has 120 valence electrons. The lowest BCUT2D eigenvalue weighted by Crippen LogP contribution is -2.27. The molecule has 0 aliphatic carbocycles. The molecule has 2 rings (SSSR count). The summed E-state index contributed by atoms with van der Waals surface area (Å²) in [5.74, 6) is -0.893. The van der Waals surface area contributed by atoms with E-state index in [1.165, 1.54) is 0 Å². The lowest BCUT2D eigenvalue weighted by Gasteiger charge is -2.12. The Hall–Kier alpha value is -2.71. The number of aliphatic carboxylic acids is 1. The first kappa shape index (κ1) is 16.7. The van der Waals surface area contributed by atoms with Gasteiger partial charge in [0.15, 0.2) is 6.04 Å². The number of benzene rings is 2. The van der Waals surface area contributed by atoms with Crippen molar-refractivity contribution in [2.24, 2.45) is 0 Å². The van der Waals surface area contributed by atoms with Crippen molar-refractivity contribution in [3.05, 3.63) is 54.1 Å². The Bertz CT molecular complexity index is 714. The summed E-state index contributed by atoms with van der Waals surface area (Å²) in [6.07, 6.45) is 0.344. The third-order valence-electron chi connectivity index (χ3n) is 3.08. The molecule has 1 amide bonds. The molecule has 0 aromatic heterocycles. The minimum Gasteiger partial charge on any atom is -0.479 e. The van der Waals surface area contributed by atoms with Gasteiger partial charge in [0.1, 0.15) is 5.75 Å². The summed E-state index contributed by atoms with van der Waals surface area (Å²) in [6.45, 7) is 0. The summed E-state index contributed by atoms with van der Waals surface area (Å²) in [7, 11) is 0. The van der Waals surface area contributed by atoms with Gasteiger partial charge in [0, 0.05) is 0 Å². The molecule has 0 heterocycles. The standard InChI is InChI=1S/C15H13NO6S/c17-9-16-14(15(18)19)12-3-1-10(2-4-12)11-5-7-13(8-6-11)22-23(20)21/h1-9,14H,(H,16,17)(H,18,19)(H,20,21). The van der Waals surface area contributed by atoms with E-state index >= 15 is 0 Å². The van der Waals surface area contributed by atoms with Crippen molar-refractivity contribution in [2.45, 2.75) is 6.04 Å². The Morgan fingerprint density at radius 1 is 1.09 bits per heavy atom. The normalized spacial score (nSPS) is 12.9. The molecule has 7 nitrogen and oxygen atoms in total. The van der Waals surface area contributed by atoms with Crippen LogP contribution in [0, 0.1) is 0 Å². The molecule has 0 aliphatic rings. The molecule has 0 bridgehead atoms. The van der Waals surface area contributed by atoms with Crippen LogP contribution in [0.1, 0.15) is 11.6 Å². The number of amides is 1. The van der Waals surface area contributed by atoms with Crippen LogP contribution in [0.3, 0.4) is 0 Å². The van der Waals surface area contributed by atoms with Crippen LogP contribution in [0.5, 0.6) is 5.75 Å². The summed E-state index contributed by atoms with van der Waals surface area (Å²) >= 11 is -2.37. The largest absolute Gasteiger partial charge is 0.479 e. The average Bonchev–Trinajstić information content (AvgIpc) is 2.53. The number of carbonyl (C=O) groups excluding carboxylic acids is 1. The molecule has 8 heteroatoms. The predicted molar refractivity (Wildman–Crippen MR) is 82.9 cm³/mol. The summed E-state index contributed by atoms with van der Waals surface area (Å²) in [5.41, 5.74) is 2.09. The molecule has 0 saturated heterocycles. The van der Waals surface area contributed by atoms with Gasteiger partial charge in [-0.3, -0.25) is 9.35 Å². The average molecular weight is 335 g/mol. The quantitative estimate of drug-likeness (QED) is 0.525. The molecule has 2 aromatic rings. The molecule has 2 atom stereocenters. The lowest BCUT2D eigenvalue weighted by atomic mass is 10.0. The van der Waals surface area contributed by atoms with Gasteiger partial charge in [0.05, 0.1) is 0 Å². The number of carboxylic acids is 1. The van der Waals surface area contributed by atoms with E-state index in [1.807, 2.05) is 0 Å². The fourth-order valence-corrected chi connectivity index (χ4v) is 2.31. The van der Waals surface area contributed by atoms with Crippen LogP contribution in [0.25, 0.3) is 11.1 Å². The van der Waals surface area contributed by atoms with Crippen molar-refractivity contribution in [3.8, 4) is 16.9 Å². The monoisotopic (exact) mass is 335 g/mol. The van der Waals surface area contributed by atoms with Gasteiger partial charge in [-0.25, -0.2) is 4.79 Å². The Morgan fingerprint density at radius 2 is 1.61 bits per heavy atom. The maximum Gasteiger partial charge on any atom is 0.357 e. The zero-order valence-corrected chi connectivity index (χ0v) is 12.5. The molecular weight excluding hydrogens is 322 g/mol. The van der Waals surface area contributed by atoms with Gasteiger partial charge in [-0.2, -0.15) is 4.21 Å². The van der Waals surface area contributed by atoms with Gasteiger partial charge in [0.25, 0.3) is 0 Å². The van der Waals surface area contributed by atoms with Gasteiger partial charge in [0.2, 0.25) is 6.41 Å². The van der Waals surface area contributed by atoms with E-state index in [4.69, 9.17) is 9.66 Å². The highest BCUT2D eigenvalue weighted by molar-refractivity contribution is 7.74. The molecule has 0 spiro atoms. The number of carbonyl (C=O) groups is 2. The van der Waals surface area contributed by atoms with E-state index in [0.29, 0.717) is 12.0 Å². The minimum atomic E-state index is -2.37. The highest BCUT2D eigenvalue weighted by Crippen LogP contribution is 2.24. The second-order valence-electron chi connectivity index (χ2n) is 4.50. The first-order chi connectivity index (χ1) is 11.0. The molecule has 0 fully saturated rings. The number of nitrogens with one attached hydrogen (secondary N) is 1. The van der Waals surface area contributed by atoms with Crippen molar-refractivity contribution in [1.82, 2.24) is 5.32 Å². The maximum atomic E-state index is 11.1. The summed E-state index contributed by atoms with van der Waals surface area (Å²) in [4.78, 5) is 21.6. The van der Waals surface area contributed by atoms with E-state index in [-0.39, 0.29) is 5.75 Å². The van der Waals surface area contributed by atoms with Crippen molar-refractivity contribution >= 4 is 23.7 Å². The number of rotatable bonds is 7. The van der Waals surface area contributed by atoms with Crippen LogP contribution in [0.4, 0.5) is 0 Å². The third-order valence-corrected chi connectivity index (χ3v) is 3.42. The molecule has 0 radical (unpaired) electrons. The van der Waals surface area contributed by atoms with Gasteiger partial charge in [-0.15, -0.1) is 0 Å². The summed E-state index contributed by atoms with van der Waals surface area (Å²) < 4.78 is 23.8. The van der Waals surface area contributed by atoms with Crippen molar-refractivity contribution < 1.29 is 27.6 Å². The van der Waals surface area contributed by atoms with Gasteiger partial charge in [-0.1, -0.05) is 36.4 Å². The summed E-state index contributed by atoms with van der Waals surface area (Å²) in [5, 5.41) is 11.3. The van der Waals surface area contributed by atoms with E-state index in [0.717, 1.165) is 11.1 Å². The van der Waals surface area contributed by atoms with Crippen LogP contribution in [0.15, 0.2) is 48.5 Å². The first-order valence-electron chi connectivity index (χ1n) is 6.43. The lowest BCUT2D eigenvalue weighted by molar-refractivity contribution is -0.140. The highest BCUT2D eigenvalue weighted by Gasteiger charge is 2.18. The van der Waals surface area contributed by atoms with Gasteiger partial charge in [-0.05, 0) is 28.8 Å². The van der Waals surface area contributed by atoms with E-state index in [2.05, 4.69) is 9.50 Å². The number of hydrogen-bond donors (Lipinski definition) is 3. The first-order valence-corrected chi connectivity index (χ1v) is 7.46. The smallest absolute Gasteiger partial charge is 0.357 e. The van der Waals surface area contributed by atoms with Crippen LogP contribution in [-0.4, -0.2) is 26.2 Å². The Kier molecular flexibility index (Phi) is 5.45. The molecular formula is C15H13NO6S. The van der Waals surface area contributed by atoms with Crippen LogP contribution in [-0.2, 0) is 21.0 Å². The molecule has 3 N–H and O–H groups in total. The fourth-order valence-electron chi connectivity index (χ4n) is 2.03. The van der Waals surface area contributed by atoms with E-state index in [9.17, 15) is 13.8 Å². The SMILES string of the molecule is O=CNC(C(=O)O)c1ccc(-c2ccc(OS(=O)O)cc2)cc1. The molecule has 0 saturated carbocycles. The molecule has 23 heavy (non-hydrogen) atoms. The summed E-state index contributed by atoms with van der Waals surface area (Å²) in [6, 6.07) is 12.1. The zero-order chi connectivity index (χ0) is 16.8. The van der Waals surface area contributed by atoms with Crippen LogP contribution in [0.2, 0.25) is 0 Å². The number of carboxylic acid groups (broad SMARTS) is 1. The Labute approximate surface area is 134 Å². The van der Waals surface area contributed by atoms with Crippen molar-refractivity contribution in [3.63, 3.8) is 0 Å². The van der Waals surface area contributed by atoms with Gasteiger partial charge < -0.3 is 14.6 Å². The van der Waals surface area contributed by atoms with E-state index < -0.39 is 23.4 Å². The van der Waals surface area contributed by atoms with Crippen LogP contribution < -0.4 is 9.50 Å². The Morgan fingerprint density at radius 3 is 2.04 bits per heavy atom. The topological polar surface area (TPSA) is 113 Å². The molecule has 0 aliphatic heterocycles. The third kappa shape index (κ3) is 4.38. The highest BCUT2D eigenvalue weighted by atomic mass is 32.2. The molecule has 2 aromatic carbocycles. The fraction of sp³-hybridized carbons (Fsp3) is 0.0667. The van der Waals surface area contributed by atoms with E-state index in [1.54, 1.807) is 48.5 Å². The van der Waals surface area contributed by atoms with Crippen molar-refractivity contribution in [2.75, 3.05) is 0 Å². The zero-order valence-electron chi connectivity index (χ0n) is 11.7. The molecule has 2 unspecified atom stereocenters. The minimum absolute atomic E-state index is 0.257. The Balaban J connectivity index is 2.20. The predicted octanol–water partition coefficient (Wildman–Crippen LogP) is 1.74. The maximum absolute atomic E-state index is 11.1. The van der Waals surface area contributed by atoms with Crippen LogP contribution >= 0.6 is 0 Å². The van der Waals surface area contributed by atoms with Gasteiger partial charge >= 0.3 is 17.3 Å².